The van der Waals surface area contributed by atoms with Crippen LogP contribution in [0.1, 0.15) is 30.0 Å². The Bertz CT molecular complexity index is 435. The number of aryl methyl sites for hydroxylation is 2. The number of carbonyl (C=O) groups excluding carboxylic acids is 1. The lowest BCUT2D eigenvalue weighted by Gasteiger charge is -2.00. The van der Waals surface area contributed by atoms with Gasteiger partial charge in [-0.3, -0.25) is 0 Å². The molecule has 78 valence electrons. The van der Waals surface area contributed by atoms with Crippen LogP contribution in [-0.4, -0.2) is 11.7 Å². The van der Waals surface area contributed by atoms with Gasteiger partial charge in [-0.05, 0) is 25.3 Å². The van der Waals surface area contributed by atoms with Crippen LogP contribution in [0.5, 0.6) is 0 Å². The van der Waals surface area contributed by atoms with Crippen molar-refractivity contribution in [1.82, 2.24) is 0 Å². The highest BCUT2D eigenvalue weighted by Crippen LogP contribution is 2.23. The van der Waals surface area contributed by atoms with Crippen LogP contribution in [0, 0.1) is 6.92 Å². The quantitative estimate of drug-likeness (QED) is 0.518. The standard InChI is InChI=1S/C12H13NO2/c1-8-3-5-11-10(7-8)4-6-12(11)13-15-9(2)14/h3,5,7H,4,6H2,1-2H3/b13-12+. The fourth-order valence-electron chi connectivity index (χ4n) is 1.81. The Hall–Kier alpha value is -1.64. The third kappa shape index (κ3) is 2.06. The van der Waals surface area contributed by atoms with E-state index in [0.29, 0.717) is 0 Å². The zero-order valence-corrected chi connectivity index (χ0v) is 8.91. The van der Waals surface area contributed by atoms with Crippen molar-refractivity contribution in [2.75, 3.05) is 0 Å². The second-order valence-electron chi connectivity index (χ2n) is 3.78. The fraction of sp³-hybridized carbons (Fsp3) is 0.333. The second-order valence-corrected chi connectivity index (χ2v) is 3.78. The van der Waals surface area contributed by atoms with Crippen molar-refractivity contribution >= 4 is 11.7 Å². The van der Waals surface area contributed by atoms with Gasteiger partial charge >= 0.3 is 5.97 Å². The normalized spacial score (nSPS) is 16.5. The van der Waals surface area contributed by atoms with Gasteiger partial charge in [-0.15, -0.1) is 0 Å². The van der Waals surface area contributed by atoms with Gasteiger partial charge in [0.2, 0.25) is 0 Å². The minimum Gasteiger partial charge on any atom is -0.318 e. The highest BCUT2D eigenvalue weighted by molar-refractivity contribution is 6.04. The van der Waals surface area contributed by atoms with E-state index in [2.05, 4.69) is 23.0 Å². The highest BCUT2D eigenvalue weighted by Gasteiger charge is 2.18. The largest absolute Gasteiger partial charge is 0.331 e. The molecule has 0 spiro atoms. The van der Waals surface area contributed by atoms with E-state index >= 15 is 0 Å². The zero-order chi connectivity index (χ0) is 10.8. The van der Waals surface area contributed by atoms with E-state index < -0.39 is 0 Å². The van der Waals surface area contributed by atoms with Crippen molar-refractivity contribution in [2.24, 2.45) is 5.16 Å². The topological polar surface area (TPSA) is 38.7 Å². The summed E-state index contributed by atoms with van der Waals surface area (Å²) in [5, 5.41) is 3.86. The maximum Gasteiger partial charge on any atom is 0.331 e. The van der Waals surface area contributed by atoms with Gasteiger partial charge in [0.1, 0.15) is 0 Å². The third-order valence-corrected chi connectivity index (χ3v) is 2.49. The molecule has 3 heteroatoms. The van der Waals surface area contributed by atoms with Gasteiger partial charge in [-0.1, -0.05) is 28.9 Å². The Balaban J connectivity index is 2.28. The molecule has 0 unspecified atom stereocenters. The molecule has 2 rings (SSSR count). The van der Waals surface area contributed by atoms with E-state index in [1.807, 2.05) is 12.1 Å². The van der Waals surface area contributed by atoms with Crippen molar-refractivity contribution in [3.05, 3.63) is 34.9 Å². The fourth-order valence-corrected chi connectivity index (χ4v) is 1.81. The number of hydrogen-bond donors (Lipinski definition) is 0. The average molecular weight is 203 g/mol. The number of oxime groups is 1. The molecule has 0 N–H and O–H groups in total. The predicted molar refractivity (Wildman–Crippen MR) is 57.8 cm³/mol. The Morgan fingerprint density at radius 1 is 1.40 bits per heavy atom. The summed E-state index contributed by atoms with van der Waals surface area (Å²) in [5.41, 5.74) is 4.53. The van der Waals surface area contributed by atoms with Crippen LogP contribution < -0.4 is 0 Å². The van der Waals surface area contributed by atoms with Gasteiger partial charge in [0.15, 0.2) is 0 Å². The van der Waals surface area contributed by atoms with E-state index in [1.165, 1.54) is 18.1 Å². The summed E-state index contributed by atoms with van der Waals surface area (Å²) in [4.78, 5) is 15.3. The van der Waals surface area contributed by atoms with Crippen LogP contribution >= 0.6 is 0 Å². The molecule has 1 aliphatic rings. The van der Waals surface area contributed by atoms with E-state index in [-0.39, 0.29) is 5.97 Å². The van der Waals surface area contributed by atoms with Crippen molar-refractivity contribution in [3.8, 4) is 0 Å². The summed E-state index contributed by atoms with van der Waals surface area (Å²) >= 11 is 0. The second kappa shape index (κ2) is 3.85. The predicted octanol–water partition coefficient (Wildman–Crippen LogP) is 2.21. The maximum atomic E-state index is 10.6. The SMILES string of the molecule is CC(=O)O/N=C1\CCc2cc(C)ccc21. The van der Waals surface area contributed by atoms with Gasteiger partial charge in [-0.25, -0.2) is 4.79 Å². The molecule has 1 aliphatic carbocycles. The molecule has 0 bridgehead atoms. The van der Waals surface area contributed by atoms with Crippen LogP contribution in [0.25, 0.3) is 0 Å². The molecule has 0 aromatic heterocycles. The number of fused-ring (bicyclic) bond motifs is 1. The summed E-state index contributed by atoms with van der Waals surface area (Å²) < 4.78 is 0. The highest BCUT2D eigenvalue weighted by atomic mass is 16.7. The number of hydrogen-bond acceptors (Lipinski definition) is 3. The lowest BCUT2D eigenvalue weighted by molar-refractivity contribution is -0.140. The molecule has 1 aromatic carbocycles. The summed E-state index contributed by atoms with van der Waals surface area (Å²) in [6, 6.07) is 6.25. The summed E-state index contributed by atoms with van der Waals surface area (Å²) in [5.74, 6) is -0.372. The molecule has 0 saturated heterocycles. The molecule has 0 aliphatic heterocycles. The van der Waals surface area contributed by atoms with Crippen molar-refractivity contribution in [3.63, 3.8) is 0 Å². The zero-order valence-electron chi connectivity index (χ0n) is 8.91. The van der Waals surface area contributed by atoms with Gasteiger partial charge in [-0.2, -0.15) is 0 Å². The molecule has 3 nitrogen and oxygen atoms in total. The Kier molecular flexibility index (Phi) is 2.54. The molecule has 15 heavy (non-hydrogen) atoms. The number of rotatable bonds is 1. The number of nitrogens with zero attached hydrogens (tertiary/aromatic N) is 1. The molecule has 0 heterocycles. The lowest BCUT2D eigenvalue weighted by Crippen LogP contribution is -1.99. The molecule has 0 fully saturated rings. The summed E-state index contributed by atoms with van der Waals surface area (Å²) in [6.07, 6.45) is 1.84. The lowest BCUT2D eigenvalue weighted by atomic mass is 10.1. The monoisotopic (exact) mass is 203 g/mol. The van der Waals surface area contributed by atoms with Crippen LogP contribution in [0.2, 0.25) is 0 Å². The molecule has 1 aromatic rings. The van der Waals surface area contributed by atoms with Crippen LogP contribution in [0.3, 0.4) is 0 Å². The molecule has 0 radical (unpaired) electrons. The first kappa shape index (κ1) is 9.90. The minimum atomic E-state index is -0.372. The van der Waals surface area contributed by atoms with Crippen molar-refractivity contribution in [2.45, 2.75) is 26.7 Å². The van der Waals surface area contributed by atoms with E-state index in [9.17, 15) is 4.79 Å². The van der Waals surface area contributed by atoms with Crippen molar-refractivity contribution < 1.29 is 9.63 Å². The molecule has 0 atom stereocenters. The van der Waals surface area contributed by atoms with Gasteiger partial charge in [0.25, 0.3) is 0 Å². The smallest absolute Gasteiger partial charge is 0.318 e. The Labute approximate surface area is 88.7 Å². The van der Waals surface area contributed by atoms with Gasteiger partial charge in [0.05, 0.1) is 5.71 Å². The van der Waals surface area contributed by atoms with E-state index in [1.54, 1.807) is 0 Å². The average Bonchev–Trinajstić information content (AvgIpc) is 2.57. The third-order valence-electron chi connectivity index (χ3n) is 2.49. The van der Waals surface area contributed by atoms with E-state index in [4.69, 9.17) is 0 Å². The van der Waals surface area contributed by atoms with Gasteiger partial charge < -0.3 is 4.84 Å². The molecule has 0 amide bonds. The molecule has 0 saturated carbocycles. The first-order valence-electron chi connectivity index (χ1n) is 5.01. The Morgan fingerprint density at radius 2 is 2.20 bits per heavy atom. The number of benzene rings is 1. The first-order chi connectivity index (χ1) is 7.16. The summed E-state index contributed by atoms with van der Waals surface area (Å²) in [7, 11) is 0. The Morgan fingerprint density at radius 3 is 2.93 bits per heavy atom. The molecular weight excluding hydrogens is 190 g/mol. The summed E-state index contributed by atoms with van der Waals surface area (Å²) in [6.45, 7) is 3.43. The maximum absolute atomic E-state index is 10.6. The van der Waals surface area contributed by atoms with Gasteiger partial charge in [0, 0.05) is 12.5 Å². The van der Waals surface area contributed by atoms with Crippen LogP contribution in [0.4, 0.5) is 0 Å². The first-order valence-corrected chi connectivity index (χ1v) is 5.01. The number of carbonyl (C=O) groups is 1. The van der Waals surface area contributed by atoms with Crippen LogP contribution in [-0.2, 0) is 16.1 Å². The molecular formula is C12H13NO2. The minimum absolute atomic E-state index is 0.372. The van der Waals surface area contributed by atoms with Crippen molar-refractivity contribution in [1.29, 1.82) is 0 Å². The van der Waals surface area contributed by atoms with E-state index in [0.717, 1.165) is 24.1 Å². The van der Waals surface area contributed by atoms with Crippen LogP contribution in [0.15, 0.2) is 23.4 Å².